The zero-order chi connectivity index (χ0) is 10.4. The predicted octanol–water partition coefficient (Wildman–Crippen LogP) is 2.17. The Morgan fingerprint density at radius 1 is 1.36 bits per heavy atom. The van der Waals surface area contributed by atoms with E-state index in [-0.39, 0.29) is 5.97 Å². The van der Waals surface area contributed by atoms with E-state index in [0.717, 1.165) is 0 Å². The van der Waals surface area contributed by atoms with Crippen molar-refractivity contribution in [3.63, 3.8) is 0 Å². The second-order valence-corrected chi connectivity index (χ2v) is 4.21. The van der Waals surface area contributed by atoms with Gasteiger partial charge in [0.25, 0.3) is 0 Å². The SMILES string of the molecule is CC([NH])C(=O)OCC1CCCCCC1. The topological polar surface area (TPSA) is 50.1 Å². The maximum Gasteiger partial charge on any atom is 0.324 e. The summed E-state index contributed by atoms with van der Waals surface area (Å²) in [6.07, 6.45) is 7.52. The molecule has 1 fully saturated rings. The number of carbonyl (C=O) groups excluding carboxylic acids is 1. The molecule has 0 heterocycles. The fraction of sp³-hybridized carbons (Fsp3) is 0.909. The Kier molecular flexibility index (Phi) is 4.94. The van der Waals surface area contributed by atoms with E-state index in [1.54, 1.807) is 6.92 Å². The van der Waals surface area contributed by atoms with Crippen LogP contribution in [0, 0.1) is 5.92 Å². The van der Waals surface area contributed by atoms with Crippen LogP contribution in [0.25, 0.3) is 0 Å². The Balaban J connectivity index is 2.19. The molecule has 1 atom stereocenters. The number of esters is 1. The average Bonchev–Trinajstić information content (AvgIpc) is 2.42. The Hall–Kier alpha value is -0.570. The summed E-state index contributed by atoms with van der Waals surface area (Å²) in [6, 6.07) is -0.735. The van der Waals surface area contributed by atoms with E-state index in [1.807, 2.05) is 0 Å². The highest BCUT2D eigenvalue weighted by Gasteiger charge is 2.16. The van der Waals surface area contributed by atoms with Crippen LogP contribution < -0.4 is 5.73 Å². The van der Waals surface area contributed by atoms with Crippen molar-refractivity contribution in [1.29, 1.82) is 0 Å². The molecule has 1 unspecified atom stereocenters. The van der Waals surface area contributed by atoms with Gasteiger partial charge in [-0.15, -0.1) is 0 Å². The average molecular weight is 198 g/mol. The zero-order valence-corrected chi connectivity index (χ0v) is 8.92. The Morgan fingerprint density at radius 3 is 2.43 bits per heavy atom. The molecule has 1 aliphatic rings. The van der Waals surface area contributed by atoms with Gasteiger partial charge in [0.2, 0.25) is 0 Å². The summed E-state index contributed by atoms with van der Waals surface area (Å²) < 4.78 is 5.07. The number of nitrogens with one attached hydrogen (secondary N) is 1. The van der Waals surface area contributed by atoms with Gasteiger partial charge in [-0.2, -0.15) is 0 Å². The molecule has 0 aliphatic heterocycles. The fourth-order valence-electron chi connectivity index (χ4n) is 1.86. The van der Waals surface area contributed by atoms with E-state index < -0.39 is 6.04 Å². The van der Waals surface area contributed by atoms with Crippen LogP contribution in [-0.4, -0.2) is 18.6 Å². The van der Waals surface area contributed by atoms with E-state index in [2.05, 4.69) is 0 Å². The van der Waals surface area contributed by atoms with E-state index in [1.165, 1.54) is 38.5 Å². The summed E-state index contributed by atoms with van der Waals surface area (Å²) in [5.74, 6) is 0.162. The molecule has 1 saturated carbocycles. The molecule has 0 aromatic heterocycles. The lowest BCUT2D eigenvalue weighted by molar-refractivity contribution is -0.146. The van der Waals surface area contributed by atoms with E-state index in [0.29, 0.717) is 12.5 Å². The molecule has 1 radical (unpaired) electrons. The summed E-state index contributed by atoms with van der Waals surface area (Å²) in [5.41, 5.74) is 7.17. The van der Waals surface area contributed by atoms with E-state index >= 15 is 0 Å². The number of hydrogen-bond acceptors (Lipinski definition) is 2. The molecule has 1 aliphatic carbocycles. The summed E-state index contributed by atoms with van der Waals surface area (Å²) in [5, 5.41) is 0. The number of hydrogen-bond donors (Lipinski definition) is 0. The quantitative estimate of drug-likeness (QED) is 0.515. The molecule has 0 aromatic carbocycles. The molecule has 0 aromatic rings. The highest BCUT2D eigenvalue weighted by molar-refractivity contribution is 5.74. The largest absolute Gasteiger partial charge is 0.464 e. The zero-order valence-electron chi connectivity index (χ0n) is 8.92. The van der Waals surface area contributed by atoms with Crippen LogP contribution in [0.15, 0.2) is 0 Å². The first-order valence-electron chi connectivity index (χ1n) is 5.58. The van der Waals surface area contributed by atoms with Gasteiger partial charge in [-0.05, 0) is 25.7 Å². The lowest BCUT2D eigenvalue weighted by Gasteiger charge is -2.14. The minimum absolute atomic E-state index is 0.380. The molecule has 1 N–H and O–H groups in total. The number of ether oxygens (including phenoxy) is 1. The first kappa shape index (κ1) is 11.5. The van der Waals surface area contributed by atoms with Crippen LogP contribution in [0.5, 0.6) is 0 Å². The molecule has 3 heteroatoms. The second-order valence-electron chi connectivity index (χ2n) is 4.21. The maximum atomic E-state index is 11.1. The standard InChI is InChI=1S/C11H20NO2/c1-9(12)11(13)14-8-10-6-4-2-3-5-7-10/h9-10,12H,2-8H2,1H3. The second kappa shape index (κ2) is 6.02. The van der Waals surface area contributed by atoms with Crippen molar-refractivity contribution in [2.45, 2.75) is 51.5 Å². The Labute approximate surface area is 86.0 Å². The van der Waals surface area contributed by atoms with Crippen molar-refractivity contribution in [3.8, 4) is 0 Å². The smallest absolute Gasteiger partial charge is 0.324 e. The molecular weight excluding hydrogens is 178 g/mol. The first-order chi connectivity index (χ1) is 6.70. The van der Waals surface area contributed by atoms with Gasteiger partial charge < -0.3 is 4.74 Å². The van der Waals surface area contributed by atoms with Crippen molar-refractivity contribution in [2.24, 2.45) is 5.92 Å². The third-order valence-electron chi connectivity index (χ3n) is 2.79. The maximum absolute atomic E-state index is 11.1. The molecule has 1 rings (SSSR count). The van der Waals surface area contributed by atoms with Gasteiger partial charge in [0.15, 0.2) is 0 Å². The summed E-state index contributed by atoms with van der Waals surface area (Å²) in [6.45, 7) is 2.08. The molecule has 0 spiro atoms. The van der Waals surface area contributed by atoms with Crippen molar-refractivity contribution < 1.29 is 9.53 Å². The van der Waals surface area contributed by atoms with Crippen molar-refractivity contribution in [2.75, 3.05) is 6.61 Å². The van der Waals surface area contributed by atoms with Crippen LogP contribution in [0.4, 0.5) is 0 Å². The van der Waals surface area contributed by atoms with Gasteiger partial charge in [0.05, 0.1) is 6.61 Å². The molecule has 0 amide bonds. The number of rotatable bonds is 3. The first-order valence-corrected chi connectivity index (χ1v) is 5.58. The molecule has 14 heavy (non-hydrogen) atoms. The molecule has 0 saturated heterocycles. The van der Waals surface area contributed by atoms with Gasteiger partial charge in [-0.25, -0.2) is 5.73 Å². The predicted molar refractivity (Wildman–Crippen MR) is 54.7 cm³/mol. The van der Waals surface area contributed by atoms with Crippen molar-refractivity contribution in [3.05, 3.63) is 0 Å². The van der Waals surface area contributed by atoms with Crippen molar-refractivity contribution in [1.82, 2.24) is 5.73 Å². The number of carbonyl (C=O) groups is 1. The lowest BCUT2D eigenvalue weighted by atomic mass is 10.0. The molecule has 0 bridgehead atoms. The highest BCUT2D eigenvalue weighted by atomic mass is 16.5. The van der Waals surface area contributed by atoms with Crippen LogP contribution >= 0.6 is 0 Å². The van der Waals surface area contributed by atoms with Crippen LogP contribution in [-0.2, 0) is 9.53 Å². The van der Waals surface area contributed by atoms with Crippen LogP contribution in [0.2, 0.25) is 0 Å². The van der Waals surface area contributed by atoms with E-state index in [9.17, 15) is 4.79 Å². The Morgan fingerprint density at radius 2 is 1.93 bits per heavy atom. The van der Waals surface area contributed by atoms with Gasteiger partial charge >= 0.3 is 5.97 Å². The third kappa shape index (κ3) is 4.09. The van der Waals surface area contributed by atoms with Crippen LogP contribution in [0.3, 0.4) is 0 Å². The lowest BCUT2D eigenvalue weighted by Crippen LogP contribution is -2.23. The minimum atomic E-state index is -0.735. The monoisotopic (exact) mass is 198 g/mol. The molecule has 3 nitrogen and oxygen atoms in total. The van der Waals surface area contributed by atoms with Crippen molar-refractivity contribution >= 4 is 5.97 Å². The third-order valence-corrected chi connectivity index (χ3v) is 2.79. The minimum Gasteiger partial charge on any atom is -0.464 e. The van der Waals surface area contributed by atoms with Crippen LogP contribution in [0.1, 0.15) is 45.4 Å². The van der Waals surface area contributed by atoms with E-state index in [4.69, 9.17) is 10.5 Å². The normalized spacial score (nSPS) is 21.3. The summed E-state index contributed by atoms with van der Waals surface area (Å²) in [7, 11) is 0. The van der Waals surface area contributed by atoms with Gasteiger partial charge in [0.1, 0.15) is 6.04 Å². The van der Waals surface area contributed by atoms with Gasteiger partial charge in [0, 0.05) is 0 Å². The fourth-order valence-corrected chi connectivity index (χ4v) is 1.86. The van der Waals surface area contributed by atoms with Gasteiger partial charge in [-0.1, -0.05) is 25.7 Å². The van der Waals surface area contributed by atoms with Gasteiger partial charge in [-0.3, -0.25) is 4.79 Å². The Bertz CT molecular complexity index is 172. The molecule has 81 valence electrons. The highest BCUT2D eigenvalue weighted by Crippen LogP contribution is 2.22. The summed E-state index contributed by atoms with van der Waals surface area (Å²) >= 11 is 0. The summed E-state index contributed by atoms with van der Waals surface area (Å²) in [4.78, 5) is 11.1. The molecular formula is C11H20NO2.